The molecule has 0 bridgehead atoms. The van der Waals surface area contributed by atoms with E-state index in [4.69, 9.17) is 18.8 Å². The zero-order valence-electron chi connectivity index (χ0n) is 30.8. The van der Waals surface area contributed by atoms with E-state index in [9.17, 15) is 0 Å². The monoisotopic (exact) mass is 731 g/mol. The molecule has 0 aliphatic heterocycles. The van der Waals surface area contributed by atoms with Crippen molar-refractivity contribution in [2.45, 2.75) is 6.54 Å². The van der Waals surface area contributed by atoms with Crippen molar-refractivity contribution >= 4 is 94.6 Å². The molecule has 9 aromatic carbocycles. The SMILES string of the molecule is C=NC(=NC(=NCc1ccc2ccccc2c1)c1ccc2ccccc2c1)c1cc(-c2ccc3c(c2)oc2c4ccccc4ccc32)cc2oc3ccccc3c12. The molecule has 2 heterocycles. The number of para-hydroxylation sites is 1. The summed E-state index contributed by atoms with van der Waals surface area (Å²) in [6.45, 7) is 4.51. The van der Waals surface area contributed by atoms with Gasteiger partial charge in [-0.05, 0) is 98.9 Å². The number of hydrogen-bond acceptors (Lipinski definition) is 3. The maximum Gasteiger partial charge on any atom is 0.161 e. The molecule has 0 spiro atoms. The lowest BCUT2D eigenvalue weighted by Crippen LogP contribution is -2.06. The number of furan rings is 2. The molecule has 0 saturated heterocycles. The quantitative estimate of drug-likeness (QED) is 0.131. The van der Waals surface area contributed by atoms with Crippen LogP contribution in [0.5, 0.6) is 0 Å². The molecular weight excluding hydrogens is 699 g/mol. The molecule has 0 fully saturated rings. The zero-order chi connectivity index (χ0) is 37.9. The number of benzene rings is 9. The predicted octanol–water partition coefficient (Wildman–Crippen LogP) is 13.7. The molecule has 57 heavy (non-hydrogen) atoms. The summed E-state index contributed by atoms with van der Waals surface area (Å²) in [6, 6.07) is 60.9. The normalized spacial score (nSPS) is 12.6. The summed E-state index contributed by atoms with van der Waals surface area (Å²) >= 11 is 0. The van der Waals surface area contributed by atoms with Gasteiger partial charge in [0.15, 0.2) is 11.7 Å². The van der Waals surface area contributed by atoms with Crippen LogP contribution in [0.4, 0.5) is 0 Å². The molecule has 0 unspecified atom stereocenters. The first-order chi connectivity index (χ1) is 28.2. The fourth-order valence-electron chi connectivity index (χ4n) is 8.19. The van der Waals surface area contributed by atoms with E-state index in [0.717, 1.165) is 93.2 Å². The van der Waals surface area contributed by atoms with Crippen molar-refractivity contribution in [1.82, 2.24) is 0 Å². The highest BCUT2D eigenvalue weighted by Crippen LogP contribution is 2.39. The molecule has 0 aliphatic rings. The van der Waals surface area contributed by atoms with Gasteiger partial charge in [-0.1, -0.05) is 127 Å². The van der Waals surface area contributed by atoms with Crippen LogP contribution in [0, 0.1) is 0 Å². The van der Waals surface area contributed by atoms with Gasteiger partial charge in [0.2, 0.25) is 0 Å². The van der Waals surface area contributed by atoms with Crippen molar-refractivity contribution in [1.29, 1.82) is 0 Å². The van der Waals surface area contributed by atoms with Crippen LogP contribution in [-0.4, -0.2) is 18.4 Å². The Bertz CT molecular complexity index is 3480. The van der Waals surface area contributed by atoms with Crippen LogP contribution in [0.3, 0.4) is 0 Å². The van der Waals surface area contributed by atoms with Gasteiger partial charge in [-0.15, -0.1) is 0 Å². The lowest BCUT2D eigenvalue weighted by Gasteiger charge is -2.10. The van der Waals surface area contributed by atoms with E-state index in [2.05, 4.69) is 169 Å². The summed E-state index contributed by atoms with van der Waals surface area (Å²) in [6.07, 6.45) is 0. The van der Waals surface area contributed by atoms with E-state index in [1.807, 2.05) is 18.2 Å². The third kappa shape index (κ3) is 5.68. The average molecular weight is 732 g/mol. The van der Waals surface area contributed by atoms with E-state index in [0.29, 0.717) is 18.2 Å². The number of nitrogens with zero attached hydrogens (tertiary/aromatic N) is 3. The third-order valence-electron chi connectivity index (χ3n) is 11.0. The highest BCUT2D eigenvalue weighted by atomic mass is 16.3. The maximum atomic E-state index is 6.59. The zero-order valence-corrected chi connectivity index (χ0v) is 30.8. The number of amidine groups is 2. The van der Waals surface area contributed by atoms with Gasteiger partial charge in [0.1, 0.15) is 22.3 Å². The van der Waals surface area contributed by atoms with Crippen molar-refractivity contribution < 1.29 is 8.83 Å². The lowest BCUT2D eigenvalue weighted by atomic mass is 9.97. The Hall–Kier alpha value is -7.63. The topological polar surface area (TPSA) is 63.4 Å². The Morgan fingerprint density at radius 1 is 0.456 bits per heavy atom. The van der Waals surface area contributed by atoms with Crippen LogP contribution in [0.1, 0.15) is 16.7 Å². The highest BCUT2D eigenvalue weighted by molar-refractivity contribution is 6.23. The van der Waals surface area contributed by atoms with E-state index >= 15 is 0 Å². The molecule has 11 aromatic rings. The summed E-state index contributed by atoms with van der Waals surface area (Å²) in [5.41, 5.74) is 7.95. The fourth-order valence-corrected chi connectivity index (χ4v) is 8.19. The van der Waals surface area contributed by atoms with Crippen molar-refractivity contribution in [2.24, 2.45) is 15.0 Å². The van der Waals surface area contributed by atoms with Crippen LogP contribution < -0.4 is 0 Å². The van der Waals surface area contributed by atoms with E-state index < -0.39 is 0 Å². The number of fused-ring (bicyclic) bond motifs is 10. The maximum absolute atomic E-state index is 6.59. The van der Waals surface area contributed by atoms with Crippen molar-refractivity contribution in [2.75, 3.05) is 0 Å². The molecule has 11 rings (SSSR count). The molecule has 5 heteroatoms. The lowest BCUT2D eigenvalue weighted by molar-refractivity contribution is 0.669. The fraction of sp³-hybridized carbons (Fsp3) is 0.0192. The minimum absolute atomic E-state index is 0.442. The van der Waals surface area contributed by atoms with Crippen LogP contribution in [0.25, 0.3) is 87.3 Å². The summed E-state index contributed by atoms with van der Waals surface area (Å²) in [7, 11) is 0. The molecule has 0 N–H and O–H groups in total. The molecule has 0 amide bonds. The van der Waals surface area contributed by atoms with E-state index in [-0.39, 0.29) is 0 Å². The van der Waals surface area contributed by atoms with E-state index in [1.165, 1.54) is 10.8 Å². The first kappa shape index (κ1) is 32.8. The molecular formula is C52H33N3O2. The molecule has 5 nitrogen and oxygen atoms in total. The van der Waals surface area contributed by atoms with Gasteiger partial charge in [-0.2, -0.15) is 0 Å². The number of rotatable bonds is 5. The number of aliphatic imine (C=N–C) groups is 3. The largest absolute Gasteiger partial charge is 0.456 e. The number of hydrogen-bond donors (Lipinski definition) is 0. The predicted molar refractivity (Wildman–Crippen MR) is 238 cm³/mol. The highest BCUT2D eigenvalue weighted by Gasteiger charge is 2.19. The van der Waals surface area contributed by atoms with E-state index in [1.54, 1.807) is 0 Å². The summed E-state index contributed by atoms with van der Waals surface area (Å²) in [5.74, 6) is 1.02. The van der Waals surface area contributed by atoms with Crippen LogP contribution >= 0.6 is 0 Å². The Morgan fingerprint density at radius 3 is 1.95 bits per heavy atom. The van der Waals surface area contributed by atoms with Crippen molar-refractivity contribution in [3.8, 4) is 11.1 Å². The van der Waals surface area contributed by atoms with Crippen molar-refractivity contribution in [3.05, 3.63) is 193 Å². The van der Waals surface area contributed by atoms with Gasteiger partial charge < -0.3 is 8.83 Å². The van der Waals surface area contributed by atoms with Gasteiger partial charge in [0, 0.05) is 38.1 Å². The smallest absolute Gasteiger partial charge is 0.161 e. The van der Waals surface area contributed by atoms with Crippen LogP contribution in [0.2, 0.25) is 0 Å². The minimum Gasteiger partial charge on any atom is -0.456 e. The second-order valence-corrected chi connectivity index (χ2v) is 14.4. The van der Waals surface area contributed by atoms with Gasteiger partial charge >= 0.3 is 0 Å². The molecule has 0 radical (unpaired) electrons. The summed E-state index contributed by atoms with van der Waals surface area (Å²) in [5, 5.41) is 10.9. The van der Waals surface area contributed by atoms with Gasteiger partial charge in [0.05, 0.1) is 6.54 Å². The van der Waals surface area contributed by atoms with Crippen molar-refractivity contribution in [3.63, 3.8) is 0 Å². The average Bonchev–Trinajstić information content (AvgIpc) is 3.84. The Balaban J connectivity index is 1.09. The first-order valence-corrected chi connectivity index (χ1v) is 19.0. The molecule has 268 valence electrons. The van der Waals surface area contributed by atoms with Crippen LogP contribution in [0.15, 0.2) is 200 Å². The van der Waals surface area contributed by atoms with Crippen LogP contribution in [-0.2, 0) is 6.54 Å². The Morgan fingerprint density at radius 2 is 1.12 bits per heavy atom. The second-order valence-electron chi connectivity index (χ2n) is 14.4. The minimum atomic E-state index is 0.442. The molecule has 0 saturated carbocycles. The third-order valence-corrected chi connectivity index (χ3v) is 11.0. The Labute approximate surface area is 327 Å². The van der Waals surface area contributed by atoms with Gasteiger partial charge in [-0.3, -0.25) is 4.99 Å². The standard InChI is InChI=1S/C52H33N3O2/c1-53-52(55-51(39-21-20-34-11-3-5-14-37(34)27-39)54-31-32-18-19-33-10-2-4-13-36(33)26-32)45-28-40(30-48-49(45)44-16-8-9-17-46(44)56-48)38-23-24-42-43-25-22-35-12-6-7-15-41(35)50(43)57-47(42)29-38/h2-30H,1,31H2. The second kappa shape index (κ2) is 13.3. The molecule has 0 atom stereocenters. The molecule has 2 aromatic heterocycles. The summed E-state index contributed by atoms with van der Waals surface area (Å²) < 4.78 is 13.1. The van der Waals surface area contributed by atoms with Gasteiger partial charge in [-0.25, -0.2) is 9.98 Å². The Kier molecular flexibility index (Phi) is 7.64. The first-order valence-electron chi connectivity index (χ1n) is 19.0. The summed E-state index contributed by atoms with van der Waals surface area (Å²) in [4.78, 5) is 15.1. The van der Waals surface area contributed by atoms with Gasteiger partial charge in [0.25, 0.3) is 0 Å². The molecule has 0 aliphatic carbocycles.